The maximum absolute atomic E-state index is 13.0. The molecule has 1 N–H and O–H groups in total. The van der Waals surface area contributed by atoms with Crippen LogP contribution < -0.4 is 5.32 Å². The van der Waals surface area contributed by atoms with Crippen LogP contribution in [0, 0.1) is 6.92 Å². The van der Waals surface area contributed by atoms with Crippen molar-refractivity contribution in [2.45, 2.75) is 20.4 Å². The van der Waals surface area contributed by atoms with Crippen LogP contribution in [0.1, 0.15) is 39.0 Å². The third kappa shape index (κ3) is 4.45. The number of anilines is 1. The van der Waals surface area contributed by atoms with Gasteiger partial charge in [-0.15, -0.1) is 16.4 Å². The molecule has 32 heavy (non-hydrogen) atoms. The van der Waals surface area contributed by atoms with Crippen molar-refractivity contribution in [3.63, 3.8) is 0 Å². The Kier molecular flexibility index (Phi) is 6.42. The zero-order chi connectivity index (χ0) is 22.5. The van der Waals surface area contributed by atoms with E-state index >= 15 is 0 Å². The number of nitrogens with one attached hydrogen (secondary N) is 1. The lowest BCUT2D eigenvalue weighted by atomic mass is 10.0. The van der Waals surface area contributed by atoms with Crippen molar-refractivity contribution in [3.8, 4) is 11.1 Å². The molecule has 7 nitrogen and oxygen atoms in total. The number of hydrogen-bond donors (Lipinski definition) is 1. The smallest absolute Gasteiger partial charge is 0.341 e. The van der Waals surface area contributed by atoms with E-state index in [4.69, 9.17) is 4.74 Å². The number of rotatable bonds is 7. The molecule has 0 aliphatic carbocycles. The molecule has 0 saturated carbocycles. The number of ether oxygens (including phenoxy) is 1. The summed E-state index contributed by atoms with van der Waals surface area (Å²) < 4.78 is 6.94. The van der Waals surface area contributed by atoms with Crippen LogP contribution in [-0.2, 0) is 11.3 Å². The van der Waals surface area contributed by atoms with E-state index in [1.165, 1.54) is 11.3 Å². The van der Waals surface area contributed by atoms with E-state index in [-0.39, 0.29) is 12.3 Å². The molecule has 4 aromatic rings. The van der Waals surface area contributed by atoms with E-state index < -0.39 is 11.9 Å². The highest BCUT2D eigenvalue weighted by Crippen LogP contribution is 2.36. The molecule has 0 atom stereocenters. The Labute approximate surface area is 189 Å². The van der Waals surface area contributed by atoms with Crippen molar-refractivity contribution >= 4 is 28.2 Å². The first-order valence-electron chi connectivity index (χ1n) is 10.2. The lowest BCUT2D eigenvalue weighted by Gasteiger charge is -2.08. The normalized spacial score (nSPS) is 10.7. The third-order valence-electron chi connectivity index (χ3n) is 4.96. The molecule has 0 spiro atoms. The molecule has 0 unspecified atom stereocenters. The number of hydrogen-bond acceptors (Lipinski definition) is 6. The van der Waals surface area contributed by atoms with E-state index in [2.05, 4.69) is 15.6 Å². The fraction of sp³-hybridized carbons (Fsp3) is 0.167. The highest BCUT2D eigenvalue weighted by atomic mass is 32.1. The molecular formula is C24H22N4O3S. The summed E-state index contributed by atoms with van der Waals surface area (Å²) >= 11 is 1.28. The number of esters is 1. The molecule has 162 valence electrons. The Balaban J connectivity index is 1.61. The van der Waals surface area contributed by atoms with Gasteiger partial charge in [-0.2, -0.15) is 0 Å². The second kappa shape index (κ2) is 9.57. The van der Waals surface area contributed by atoms with Gasteiger partial charge in [0.1, 0.15) is 10.6 Å². The van der Waals surface area contributed by atoms with E-state index in [0.717, 1.165) is 11.1 Å². The SMILES string of the molecule is CCOC(=O)c1c(-c2ccccc2)csc1NC(=O)c1nnn(Cc2ccccc2)c1C. The molecule has 0 bridgehead atoms. The fourth-order valence-electron chi connectivity index (χ4n) is 3.32. The van der Waals surface area contributed by atoms with Gasteiger partial charge in [-0.3, -0.25) is 4.79 Å². The van der Waals surface area contributed by atoms with Crippen molar-refractivity contribution in [2.24, 2.45) is 0 Å². The number of carbonyl (C=O) groups is 2. The summed E-state index contributed by atoms with van der Waals surface area (Å²) in [5, 5.41) is 13.3. The molecule has 2 aromatic heterocycles. The molecule has 2 heterocycles. The van der Waals surface area contributed by atoms with Gasteiger partial charge in [-0.25, -0.2) is 9.48 Å². The summed E-state index contributed by atoms with van der Waals surface area (Å²) in [7, 11) is 0. The molecule has 0 aliphatic rings. The van der Waals surface area contributed by atoms with E-state index in [0.29, 0.717) is 28.4 Å². The van der Waals surface area contributed by atoms with E-state index in [1.54, 1.807) is 18.5 Å². The van der Waals surface area contributed by atoms with Gasteiger partial charge < -0.3 is 10.1 Å². The van der Waals surface area contributed by atoms with Crippen molar-refractivity contribution in [2.75, 3.05) is 11.9 Å². The van der Waals surface area contributed by atoms with Crippen LogP contribution >= 0.6 is 11.3 Å². The second-order valence-corrected chi connectivity index (χ2v) is 7.94. The van der Waals surface area contributed by atoms with Crippen molar-refractivity contribution in [3.05, 3.63) is 88.6 Å². The minimum Gasteiger partial charge on any atom is -0.462 e. The van der Waals surface area contributed by atoms with Crippen LogP contribution in [0.5, 0.6) is 0 Å². The summed E-state index contributed by atoms with van der Waals surface area (Å²) in [6.45, 7) is 4.30. The number of amides is 1. The molecule has 0 fully saturated rings. The Bertz CT molecular complexity index is 1230. The molecule has 8 heteroatoms. The van der Waals surface area contributed by atoms with Crippen LogP contribution in [0.15, 0.2) is 66.0 Å². The molecule has 0 radical (unpaired) electrons. The lowest BCUT2D eigenvalue weighted by Crippen LogP contribution is -2.16. The summed E-state index contributed by atoms with van der Waals surface area (Å²) in [4.78, 5) is 25.7. The zero-order valence-corrected chi connectivity index (χ0v) is 18.6. The summed E-state index contributed by atoms with van der Waals surface area (Å²) in [6.07, 6.45) is 0. The van der Waals surface area contributed by atoms with Crippen LogP contribution in [0.25, 0.3) is 11.1 Å². The molecular weight excluding hydrogens is 424 g/mol. The monoisotopic (exact) mass is 446 g/mol. The molecule has 0 saturated heterocycles. The highest BCUT2D eigenvalue weighted by Gasteiger charge is 2.25. The van der Waals surface area contributed by atoms with Crippen LogP contribution in [-0.4, -0.2) is 33.5 Å². The van der Waals surface area contributed by atoms with Gasteiger partial charge in [0.2, 0.25) is 0 Å². The van der Waals surface area contributed by atoms with Gasteiger partial charge >= 0.3 is 5.97 Å². The van der Waals surface area contributed by atoms with E-state index in [9.17, 15) is 9.59 Å². The van der Waals surface area contributed by atoms with Gasteiger partial charge in [0, 0.05) is 10.9 Å². The highest BCUT2D eigenvalue weighted by molar-refractivity contribution is 7.15. The largest absolute Gasteiger partial charge is 0.462 e. The minimum atomic E-state index is -0.479. The first-order valence-corrected chi connectivity index (χ1v) is 11.1. The topological polar surface area (TPSA) is 86.1 Å². The number of thiophene rings is 1. The summed E-state index contributed by atoms with van der Waals surface area (Å²) in [6, 6.07) is 19.4. The third-order valence-corrected chi connectivity index (χ3v) is 5.85. The van der Waals surface area contributed by atoms with Gasteiger partial charge in [0.05, 0.1) is 18.8 Å². The van der Waals surface area contributed by atoms with Gasteiger partial charge in [0.25, 0.3) is 5.91 Å². The molecule has 2 aromatic carbocycles. The van der Waals surface area contributed by atoms with Gasteiger partial charge in [0.15, 0.2) is 5.69 Å². The lowest BCUT2D eigenvalue weighted by molar-refractivity contribution is 0.0529. The Morgan fingerprint density at radius 3 is 2.44 bits per heavy atom. The van der Waals surface area contributed by atoms with Crippen LogP contribution in [0.2, 0.25) is 0 Å². The Morgan fingerprint density at radius 2 is 1.75 bits per heavy atom. The Hall–Kier alpha value is -3.78. The zero-order valence-electron chi connectivity index (χ0n) is 17.7. The fourth-order valence-corrected chi connectivity index (χ4v) is 4.28. The van der Waals surface area contributed by atoms with Crippen molar-refractivity contribution in [1.29, 1.82) is 0 Å². The number of nitrogens with zero attached hydrogens (tertiary/aromatic N) is 3. The van der Waals surface area contributed by atoms with Crippen molar-refractivity contribution < 1.29 is 14.3 Å². The van der Waals surface area contributed by atoms with Crippen LogP contribution in [0.4, 0.5) is 5.00 Å². The van der Waals surface area contributed by atoms with Crippen LogP contribution in [0.3, 0.4) is 0 Å². The molecule has 4 rings (SSSR count). The maximum atomic E-state index is 13.0. The second-order valence-electron chi connectivity index (χ2n) is 7.06. The predicted molar refractivity (Wildman–Crippen MR) is 124 cm³/mol. The maximum Gasteiger partial charge on any atom is 0.341 e. The van der Waals surface area contributed by atoms with Crippen molar-refractivity contribution in [1.82, 2.24) is 15.0 Å². The molecule has 0 aliphatic heterocycles. The first kappa shape index (κ1) is 21.5. The van der Waals surface area contributed by atoms with Gasteiger partial charge in [-0.05, 0) is 25.0 Å². The Morgan fingerprint density at radius 1 is 1.06 bits per heavy atom. The van der Waals surface area contributed by atoms with E-state index in [1.807, 2.05) is 66.0 Å². The average molecular weight is 447 g/mol. The number of aromatic nitrogens is 3. The summed E-state index contributed by atoms with van der Waals surface area (Å²) in [5.41, 5.74) is 3.84. The van der Waals surface area contributed by atoms with Gasteiger partial charge in [-0.1, -0.05) is 65.9 Å². The average Bonchev–Trinajstić information content (AvgIpc) is 3.39. The minimum absolute atomic E-state index is 0.213. The number of carbonyl (C=O) groups excluding carboxylic acids is 2. The quantitative estimate of drug-likeness (QED) is 0.413. The predicted octanol–water partition coefficient (Wildman–Crippen LogP) is 4.79. The molecule has 1 amide bonds. The summed E-state index contributed by atoms with van der Waals surface area (Å²) in [5.74, 6) is -0.902. The number of benzene rings is 2. The first-order chi connectivity index (χ1) is 15.6. The standard InChI is InChI=1S/C24H22N4O3S/c1-3-31-24(30)20-19(18-12-8-5-9-13-18)15-32-23(20)25-22(29)21-16(2)28(27-26-21)14-17-10-6-4-7-11-17/h4-13,15H,3,14H2,1-2H3,(H,25,29).